The first-order valence-corrected chi connectivity index (χ1v) is 12.4. The minimum absolute atomic E-state index is 0.0833. The molecule has 1 amide bonds. The van der Waals surface area contributed by atoms with Crippen molar-refractivity contribution in [3.05, 3.63) is 76.3 Å². The van der Waals surface area contributed by atoms with Gasteiger partial charge in [0.15, 0.2) is 0 Å². The van der Waals surface area contributed by atoms with Crippen LogP contribution >= 0.6 is 0 Å². The third-order valence-corrected chi connectivity index (χ3v) is 7.68. The predicted molar refractivity (Wildman–Crippen MR) is 139 cm³/mol. The van der Waals surface area contributed by atoms with Crippen LogP contribution in [-0.4, -0.2) is 49.6 Å². The highest BCUT2D eigenvalue weighted by Crippen LogP contribution is 2.34. The molecule has 2 heterocycles. The lowest BCUT2D eigenvalue weighted by Gasteiger charge is -2.42. The maximum atomic E-state index is 11.6. The SMILES string of the molecule is Cc1cccc2c(N3CCN(CC[C@@H]4OCCc5cc(C(N)=O)ccc54)[C@H](C)C3)ccc(C)c12. The normalized spacial score (nSPS) is 21.0. The predicted octanol–water partition coefficient (Wildman–Crippen LogP) is 4.77. The number of hydrogen-bond acceptors (Lipinski definition) is 4. The highest BCUT2D eigenvalue weighted by Gasteiger charge is 2.27. The number of amides is 1. The van der Waals surface area contributed by atoms with Gasteiger partial charge in [-0.05, 0) is 79.5 Å². The van der Waals surface area contributed by atoms with Crippen molar-refractivity contribution in [1.29, 1.82) is 0 Å². The number of rotatable bonds is 5. The van der Waals surface area contributed by atoms with E-state index in [9.17, 15) is 4.79 Å². The van der Waals surface area contributed by atoms with E-state index < -0.39 is 0 Å². The fourth-order valence-corrected chi connectivity index (χ4v) is 5.82. The van der Waals surface area contributed by atoms with Crippen LogP contribution in [0, 0.1) is 13.8 Å². The highest BCUT2D eigenvalue weighted by atomic mass is 16.5. The molecule has 3 aromatic rings. The van der Waals surface area contributed by atoms with Crippen molar-refractivity contribution in [2.24, 2.45) is 5.73 Å². The van der Waals surface area contributed by atoms with Crippen molar-refractivity contribution in [1.82, 2.24) is 4.90 Å². The smallest absolute Gasteiger partial charge is 0.248 e. The second-order valence-corrected chi connectivity index (χ2v) is 9.91. The van der Waals surface area contributed by atoms with Crippen LogP contribution in [0.4, 0.5) is 5.69 Å². The Morgan fingerprint density at radius 3 is 2.71 bits per heavy atom. The molecule has 0 spiro atoms. The summed E-state index contributed by atoms with van der Waals surface area (Å²) in [5.74, 6) is -0.367. The Kier molecular flexibility index (Phi) is 6.32. The largest absolute Gasteiger partial charge is 0.373 e. The fourth-order valence-electron chi connectivity index (χ4n) is 5.82. The third-order valence-electron chi connectivity index (χ3n) is 7.68. The summed E-state index contributed by atoms with van der Waals surface area (Å²) in [5, 5.41) is 2.76. The maximum absolute atomic E-state index is 11.6. The molecule has 2 N–H and O–H groups in total. The van der Waals surface area contributed by atoms with Gasteiger partial charge in [0, 0.05) is 48.9 Å². The number of primary amides is 1. The minimum Gasteiger partial charge on any atom is -0.373 e. The van der Waals surface area contributed by atoms with Crippen LogP contribution < -0.4 is 10.6 Å². The molecule has 0 bridgehead atoms. The van der Waals surface area contributed by atoms with Crippen LogP contribution in [0.15, 0.2) is 48.5 Å². The van der Waals surface area contributed by atoms with Crippen molar-refractivity contribution >= 4 is 22.4 Å². The summed E-state index contributed by atoms with van der Waals surface area (Å²) in [6.07, 6.45) is 1.88. The summed E-state index contributed by atoms with van der Waals surface area (Å²) in [6.45, 7) is 11.6. The molecule has 34 heavy (non-hydrogen) atoms. The van der Waals surface area contributed by atoms with Gasteiger partial charge in [0.2, 0.25) is 5.91 Å². The summed E-state index contributed by atoms with van der Waals surface area (Å²) in [5.41, 5.74) is 12.5. The monoisotopic (exact) mass is 457 g/mol. The Morgan fingerprint density at radius 1 is 1.09 bits per heavy atom. The Labute approximate surface area is 202 Å². The second kappa shape index (κ2) is 9.40. The van der Waals surface area contributed by atoms with Gasteiger partial charge in [-0.15, -0.1) is 0 Å². The number of nitrogens with zero attached hydrogens (tertiary/aromatic N) is 2. The van der Waals surface area contributed by atoms with Crippen LogP contribution in [0.1, 0.15) is 52.1 Å². The average molecular weight is 458 g/mol. The molecule has 2 aliphatic heterocycles. The number of carbonyl (C=O) groups is 1. The highest BCUT2D eigenvalue weighted by molar-refractivity contribution is 5.98. The number of anilines is 1. The molecule has 1 fully saturated rings. The zero-order chi connectivity index (χ0) is 23.8. The van der Waals surface area contributed by atoms with Crippen LogP contribution in [0.2, 0.25) is 0 Å². The molecule has 0 radical (unpaired) electrons. The molecular formula is C29H35N3O2. The number of benzene rings is 3. The van der Waals surface area contributed by atoms with Crippen molar-refractivity contribution in [3.63, 3.8) is 0 Å². The van der Waals surface area contributed by atoms with Gasteiger partial charge in [0.1, 0.15) is 0 Å². The molecule has 0 aliphatic carbocycles. The standard InChI is InChI=1S/C29H35N3O2/c1-19-5-4-6-25-26(10-7-20(2)28(19)25)32-15-14-31(21(3)18-32)13-11-27-24-9-8-23(29(30)33)17-22(24)12-16-34-27/h4-10,17,21,27H,11-16,18H2,1-3H3,(H2,30,33)/t21-,27+/m1/s1. The molecule has 5 rings (SSSR count). The van der Waals surface area contributed by atoms with Crippen molar-refractivity contribution in [2.75, 3.05) is 37.7 Å². The summed E-state index contributed by atoms with van der Waals surface area (Å²) >= 11 is 0. The Balaban J connectivity index is 1.26. The van der Waals surface area contributed by atoms with Gasteiger partial charge in [0.05, 0.1) is 12.7 Å². The lowest BCUT2D eigenvalue weighted by molar-refractivity contribution is 0.0255. The van der Waals surface area contributed by atoms with E-state index in [1.54, 1.807) is 0 Å². The quantitative estimate of drug-likeness (QED) is 0.600. The molecule has 1 saturated heterocycles. The molecule has 2 aliphatic rings. The Hall–Kier alpha value is -2.89. The zero-order valence-electron chi connectivity index (χ0n) is 20.5. The van der Waals surface area contributed by atoms with E-state index in [0.29, 0.717) is 18.2 Å². The van der Waals surface area contributed by atoms with Gasteiger partial charge >= 0.3 is 0 Å². The Bertz CT molecular complexity index is 1210. The molecular weight excluding hydrogens is 422 g/mol. The number of nitrogens with two attached hydrogens (primary N) is 1. The average Bonchev–Trinajstić information content (AvgIpc) is 2.83. The first-order chi connectivity index (χ1) is 16.4. The first-order valence-electron chi connectivity index (χ1n) is 12.4. The van der Waals surface area contributed by atoms with Crippen LogP contribution in [0.3, 0.4) is 0 Å². The number of hydrogen-bond donors (Lipinski definition) is 1. The number of aryl methyl sites for hydroxylation is 2. The van der Waals surface area contributed by atoms with Gasteiger partial charge in [0.25, 0.3) is 0 Å². The number of carbonyl (C=O) groups excluding carboxylic acids is 1. The van der Waals surface area contributed by atoms with E-state index >= 15 is 0 Å². The number of piperazine rings is 1. The van der Waals surface area contributed by atoms with E-state index in [4.69, 9.17) is 10.5 Å². The molecule has 0 aromatic heterocycles. The zero-order valence-corrected chi connectivity index (χ0v) is 20.5. The third kappa shape index (κ3) is 4.30. The van der Waals surface area contributed by atoms with E-state index in [-0.39, 0.29) is 12.0 Å². The molecule has 178 valence electrons. The topological polar surface area (TPSA) is 58.8 Å². The van der Waals surface area contributed by atoms with E-state index in [1.165, 1.54) is 38.7 Å². The van der Waals surface area contributed by atoms with Crippen LogP contribution in [0.5, 0.6) is 0 Å². The van der Waals surface area contributed by atoms with Gasteiger partial charge < -0.3 is 15.4 Å². The second-order valence-electron chi connectivity index (χ2n) is 9.91. The van der Waals surface area contributed by atoms with Crippen LogP contribution in [-0.2, 0) is 11.2 Å². The van der Waals surface area contributed by atoms with Gasteiger partial charge in [-0.2, -0.15) is 0 Å². The summed E-state index contributed by atoms with van der Waals surface area (Å²) in [4.78, 5) is 16.7. The molecule has 3 aromatic carbocycles. The molecule has 5 heteroatoms. The molecule has 0 unspecified atom stereocenters. The summed E-state index contributed by atoms with van der Waals surface area (Å²) < 4.78 is 6.14. The first kappa shape index (κ1) is 22.9. The number of ether oxygens (including phenoxy) is 1. The lowest BCUT2D eigenvalue weighted by atomic mass is 9.93. The minimum atomic E-state index is -0.367. The van der Waals surface area contributed by atoms with Crippen molar-refractivity contribution < 1.29 is 9.53 Å². The Morgan fingerprint density at radius 2 is 1.91 bits per heavy atom. The maximum Gasteiger partial charge on any atom is 0.248 e. The van der Waals surface area contributed by atoms with E-state index in [0.717, 1.165) is 39.0 Å². The summed E-state index contributed by atoms with van der Waals surface area (Å²) in [6, 6.07) is 17.5. The number of fused-ring (bicyclic) bond motifs is 2. The van der Waals surface area contributed by atoms with Gasteiger partial charge in [-0.1, -0.05) is 30.3 Å². The summed E-state index contributed by atoms with van der Waals surface area (Å²) in [7, 11) is 0. The molecule has 0 saturated carbocycles. The molecule has 5 nitrogen and oxygen atoms in total. The van der Waals surface area contributed by atoms with E-state index in [2.05, 4.69) is 60.9 Å². The molecule has 2 atom stereocenters. The van der Waals surface area contributed by atoms with Crippen LogP contribution in [0.25, 0.3) is 10.8 Å². The fraction of sp³-hybridized carbons (Fsp3) is 0.414. The lowest BCUT2D eigenvalue weighted by Crippen LogP contribution is -2.52. The van der Waals surface area contributed by atoms with E-state index in [1.807, 2.05) is 18.2 Å². The van der Waals surface area contributed by atoms with Crippen molar-refractivity contribution in [3.8, 4) is 0 Å². The van der Waals surface area contributed by atoms with Gasteiger partial charge in [-0.3, -0.25) is 9.69 Å². The van der Waals surface area contributed by atoms with Gasteiger partial charge in [-0.25, -0.2) is 0 Å². The van der Waals surface area contributed by atoms with Crippen molar-refractivity contribution in [2.45, 2.75) is 45.8 Å².